The largest absolute Gasteiger partial charge is 0.497 e. The highest BCUT2D eigenvalue weighted by Gasteiger charge is 2.34. The van der Waals surface area contributed by atoms with Gasteiger partial charge in [-0.25, -0.2) is 22.9 Å². The van der Waals surface area contributed by atoms with Crippen molar-refractivity contribution in [3.8, 4) is 11.8 Å². The highest BCUT2D eigenvalue weighted by Crippen LogP contribution is 2.29. The first kappa shape index (κ1) is 53.9. The van der Waals surface area contributed by atoms with E-state index in [0.29, 0.717) is 52.9 Å². The van der Waals surface area contributed by atoms with Gasteiger partial charge < -0.3 is 19.2 Å². The quantitative estimate of drug-likeness (QED) is 0.0202. The fourth-order valence-corrected chi connectivity index (χ4v) is 9.05. The minimum atomic E-state index is -4.00. The summed E-state index contributed by atoms with van der Waals surface area (Å²) in [6.07, 6.45) is 16.6. The van der Waals surface area contributed by atoms with Crippen LogP contribution in [0.2, 0.25) is 5.02 Å². The van der Waals surface area contributed by atoms with Gasteiger partial charge in [-0.2, -0.15) is 5.26 Å². The minimum absolute atomic E-state index is 0.00101. The Labute approximate surface area is 412 Å². The summed E-state index contributed by atoms with van der Waals surface area (Å²) in [5, 5.41) is 12.6. The maximum atomic E-state index is 14.2. The molecule has 0 aliphatic heterocycles. The molecule has 368 valence electrons. The molecule has 13 nitrogen and oxygen atoms in total. The van der Waals surface area contributed by atoms with Crippen LogP contribution in [0.1, 0.15) is 144 Å². The van der Waals surface area contributed by atoms with Crippen molar-refractivity contribution in [1.29, 1.82) is 5.26 Å². The number of aryl methyl sites for hydroxylation is 1. The predicted octanol–water partition coefficient (Wildman–Crippen LogP) is 13.3. The van der Waals surface area contributed by atoms with E-state index in [0.717, 1.165) is 19.3 Å². The number of anilines is 2. The van der Waals surface area contributed by atoms with E-state index in [1.165, 1.54) is 119 Å². The van der Waals surface area contributed by atoms with Crippen molar-refractivity contribution in [2.45, 2.75) is 135 Å². The van der Waals surface area contributed by atoms with Gasteiger partial charge in [0.25, 0.3) is 5.91 Å². The van der Waals surface area contributed by atoms with E-state index >= 15 is 0 Å². The zero-order valence-corrected chi connectivity index (χ0v) is 41.9. The van der Waals surface area contributed by atoms with E-state index in [1.807, 2.05) is 26.0 Å². The molecule has 1 atom stereocenters. The lowest BCUT2D eigenvalue weighted by Crippen LogP contribution is -2.43. The Balaban J connectivity index is 1.26. The van der Waals surface area contributed by atoms with Crippen LogP contribution in [-0.4, -0.2) is 57.5 Å². The lowest BCUT2D eigenvalue weighted by molar-refractivity contribution is -0.122. The Morgan fingerprint density at radius 1 is 0.826 bits per heavy atom. The lowest BCUT2D eigenvalue weighted by Gasteiger charge is -2.25. The van der Waals surface area contributed by atoms with Crippen LogP contribution in [0.25, 0.3) is 22.7 Å². The van der Waals surface area contributed by atoms with Gasteiger partial charge in [-0.3, -0.25) is 14.5 Å². The number of fused-ring (bicyclic) bond motifs is 1. The van der Waals surface area contributed by atoms with E-state index < -0.39 is 33.9 Å². The van der Waals surface area contributed by atoms with Gasteiger partial charge in [0.15, 0.2) is 5.58 Å². The van der Waals surface area contributed by atoms with E-state index in [2.05, 4.69) is 28.0 Å². The Hall–Kier alpha value is -6.01. The van der Waals surface area contributed by atoms with Gasteiger partial charge in [0.2, 0.25) is 27.8 Å². The number of amides is 2. The molecular weight excluding hydrogens is 914 g/mol. The molecule has 2 N–H and O–H groups in total. The molecule has 0 spiro atoms. The molecule has 0 aliphatic carbocycles. The Bertz CT molecular complexity index is 2630. The van der Waals surface area contributed by atoms with E-state index in [-0.39, 0.29) is 45.7 Å². The summed E-state index contributed by atoms with van der Waals surface area (Å²) >= 11 is 6.51. The average Bonchev–Trinajstić information content (AvgIpc) is 3.79. The highest BCUT2D eigenvalue weighted by atomic mass is 35.5. The third-order valence-electron chi connectivity index (χ3n) is 11.9. The van der Waals surface area contributed by atoms with Gasteiger partial charge >= 0.3 is 6.09 Å². The Morgan fingerprint density at radius 3 is 2.07 bits per heavy atom. The molecule has 0 fully saturated rings. The highest BCUT2D eigenvalue weighted by molar-refractivity contribution is 7.89. The molecule has 15 heteroatoms. The van der Waals surface area contributed by atoms with E-state index in [9.17, 15) is 28.1 Å². The number of methoxy groups -OCH3 is 1. The zero-order chi connectivity index (χ0) is 49.6. The minimum Gasteiger partial charge on any atom is -0.497 e. The van der Waals surface area contributed by atoms with Crippen LogP contribution in [0, 0.1) is 18.3 Å². The number of nitrogens with one attached hydrogen (secondary N) is 2. The molecule has 5 aromatic rings. The van der Waals surface area contributed by atoms with Gasteiger partial charge in [-0.15, -0.1) is 0 Å². The van der Waals surface area contributed by atoms with E-state index in [4.69, 9.17) is 25.5 Å². The van der Waals surface area contributed by atoms with Crippen molar-refractivity contribution < 1.29 is 36.7 Å². The maximum Gasteiger partial charge on any atom is 0.415 e. The normalized spacial score (nSPS) is 12.1. The number of para-hydroxylation sites is 2. The zero-order valence-electron chi connectivity index (χ0n) is 40.4. The van der Waals surface area contributed by atoms with Crippen LogP contribution in [0.4, 0.5) is 16.2 Å². The van der Waals surface area contributed by atoms with Gasteiger partial charge in [0, 0.05) is 24.3 Å². The smallest absolute Gasteiger partial charge is 0.415 e. The fourth-order valence-electron chi connectivity index (χ4n) is 7.79. The molecule has 0 saturated heterocycles. The van der Waals surface area contributed by atoms with Crippen LogP contribution in [0.3, 0.4) is 0 Å². The van der Waals surface area contributed by atoms with Gasteiger partial charge in [-0.1, -0.05) is 134 Å². The second kappa shape index (κ2) is 27.9. The van der Waals surface area contributed by atoms with Crippen molar-refractivity contribution in [2.24, 2.45) is 0 Å². The number of nitrogens with zero attached hydrogens (tertiary/aromatic N) is 3. The molecular formula is C54H66ClN5O8S. The summed E-state index contributed by atoms with van der Waals surface area (Å²) in [6, 6.07) is 24.4. The van der Waals surface area contributed by atoms with Crippen LogP contribution < -0.4 is 19.7 Å². The molecule has 5 rings (SSSR count). The number of allylic oxidation sites excluding steroid dienone is 1. The number of benzene rings is 4. The fraction of sp³-hybridized carbons (Fsp3) is 0.426. The number of carbonyl (C=O) groups is 3. The monoisotopic (exact) mass is 979 g/mol. The van der Waals surface area contributed by atoms with Crippen LogP contribution in [0.15, 0.2) is 94.2 Å². The molecule has 0 saturated carbocycles. The number of unbranched alkanes of at least 4 members (excludes halogenated alkanes) is 14. The number of hydrogen-bond acceptors (Lipinski definition) is 10. The standard InChI is InChI=1S/C54H66ClN5O8S/c1-5-7-9-10-11-12-13-14-15-16-17-18-19-22-33-57-69(64,65)45-31-32-46(55)48(37-45)58-52(62)51(50(61)40-26-29-44(66-4)30-27-40)68-54(63)60(34-8-6-2)43-28-25-41(39(3)35-43)36-42(38-56)53-59-47-23-20-21-24-49(47)67-53/h20-21,23-32,35-37,51,57H,5-19,22,33-34H2,1-4H3,(H,58,62)/b42-36+. The first-order valence-electron chi connectivity index (χ1n) is 24.2. The number of aromatic nitrogens is 1. The number of halogens is 1. The van der Waals surface area contributed by atoms with Crippen LogP contribution in [-0.2, 0) is 19.6 Å². The Morgan fingerprint density at radius 2 is 1.46 bits per heavy atom. The average molecular weight is 981 g/mol. The molecule has 0 bridgehead atoms. The molecule has 0 radical (unpaired) electrons. The maximum absolute atomic E-state index is 14.2. The third kappa shape index (κ3) is 16.3. The first-order valence-corrected chi connectivity index (χ1v) is 26.1. The van der Waals surface area contributed by atoms with Crippen LogP contribution in [0.5, 0.6) is 5.75 Å². The SMILES string of the molecule is CCCCCCCCCCCCCCCCNS(=O)(=O)c1ccc(Cl)c(NC(=O)C(OC(=O)N(CCCC)c2ccc(/C=C(\C#N)c3nc4ccccc4o3)c(C)c2)C(=O)c2ccc(OC)cc2)c1. The summed E-state index contributed by atoms with van der Waals surface area (Å²) in [5.41, 5.74) is 3.11. The summed E-state index contributed by atoms with van der Waals surface area (Å²) in [6.45, 7) is 6.43. The predicted molar refractivity (Wildman–Crippen MR) is 274 cm³/mol. The topological polar surface area (TPSA) is 181 Å². The summed E-state index contributed by atoms with van der Waals surface area (Å²) in [5.74, 6) is -1.26. The molecule has 1 aromatic heterocycles. The summed E-state index contributed by atoms with van der Waals surface area (Å²) in [7, 11) is -2.53. The summed E-state index contributed by atoms with van der Waals surface area (Å²) < 4.78 is 46.4. The number of ether oxygens (including phenoxy) is 2. The van der Waals surface area contributed by atoms with Crippen molar-refractivity contribution in [1.82, 2.24) is 9.71 Å². The molecule has 1 heterocycles. The number of rotatable bonds is 29. The Kier molecular flexibility index (Phi) is 21.8. The van der Waals surface area contributed by atoms with Crippen molar-refractivity contribution in [3.05, 3.63) is 113 Å². The number of oxazole rings is 1. The van der Waals surface area contributed by atoms with Crippen molar-refractivity contribution in [2.75, 3.05) is 30.4 Å². The second-order valence-corrected chi connectivity index (χ2v) is 19.4. The molecule has 1 unspecified atom stereocenters. The second-order valence-electron chi connectivity index (χ2n) is 17.2. The van der Waals surface area contributed by atoms with E-state index in [1.54, 1.807) is 36.4 Å². The molecule has 2 amide bonds. The number of nitriles is 1. The molecule has 4 aromatic carbocycles. The number of carbonyl (C=O) groups excluding carboxylic acids is 3. The number of sulfonamides is 1. The van der Waals surface area contributed by atoms with Gasteiger partial charge in [-0.05, 0) is 104 Å². The van der Waals surface area contributed by atoms with Gasteiger partial charge in [0.05, 0.1) is 22.7 Å². The molecule has 69 heavy (non-hydrogen) atoms. The van der Waals surface area contributed by atoms with Crippen LogP contribution >= 0.6 is 11.6 Å². The number of hydrogen-bond donors (Lipinski definition) is 2. The number of ketones is 1. The first-order chi connectivity index (χ1) is 33.4. The number of Topliss-reactive ketones (excluding diaryl/α,β-unsaturated/α-hetero) is 1. The van der Waals surface area contributed by atoms with Crippen molar-refractivity contribution in [3.63, 3.8) is 0 Å². The third-order valence-corrected chi connectivity index (χ3v) is 13.7. The lowest BCUT2D eigenvalue weighted by atomic mass is 10.0. The van der Waals surface area contributed by atoms with Crippen molar-refractivity contribution >= 4 is 73.5 Å². The molecule has 0 aliphatic rings. The summed E-state index contributed by atoms with van der Waals surface area (Å²) in [4.78, 5) is 48.2. The van der Waals surface area contributed by atoms with Gasteiger partial charge in [0.1, 0.15) is 22.9 Å².